The molecule has 1 aromatic rings. The number of carbonyl (C=O) groups excluding carboxylic acids is 1. The van der Waals surface area contributed by atoms with Crippen molar-refractivity contribution in [3.63, 3.8) is 0 Å². The quantitative estimate of drug-likeness (QED) is 0.846. The van der Waals surface area contributed by atoms with Gasteiger partial charge in [-0.05, 0) is 26.0 Å². The molecule has 5 nitrogen and oxygen atoms in total. The minimum atomic E-state index is -0.0125. The van der Waals surface area contributed by atoms with E-state index < -0.39 is 0 Å². The number of hydrogen-bond donors (Lipinski definition) is 1. The second-order valence-corrected chi connectivity index (χ2v) is 4.63. The monoisotopic (exact) mass is 249 g/mol. The van der Waals surface area contributed by atoms with E-state index >= 15 is 0 Å². The minimum absolute atomic E-state index is 0.0125. The highest BCUT2D eigenvalue weighted by Gasteiger charge is 2.31. The Morgan fingerprint density at radius 3 is 2.72 bits per heavy atom. The first kappa shape index (κ1) is 12.8. The van der Waals surface area contributed by atoms with Crippen molar-refractivity contribution in [3.05, 3.63) is 23.9 Å². The van der Waals surface area contributed by atoms with Gasteiger partial charge in [0.05, 0.1) is 7.11 Å². The third kappa shape index (κ3) is 2.31. The second-order valence-electron chi connectivity index (χ2n) is 4.63. The Morgan fingerprint density at radius 1 is 1.44 bits per heavy atom. The average Bonchev–Trinajstić information content (AvgIpc) is 2.38. The molecule has 18 heavy (non-hydrogen) atoms. The summed E-state index contributed by atoms with van der Waals surface area (Å²) in [7, 11) is 1.53. The molecule has 2 unspecified atom stereocenters. The lowest BCUT2D eigenvalue weighted by Crippen LogP contribution is -2.57. The van der Waals surface area contributed by atoms with Gasteiger partial charge in [-0.3, -0.25) is 4.79 Å². The van der Waals surface area contributed by atoms with Gasteiger partial charge < -0.3 is 15.0 Å². The van der Waals surface area contributed by atoms with Gasteiger partial charge in [0.2, 0.25) is 5.88 Å². The van der Waals surface area contributed by atoms with Crippen LogP contribution < -0.4 is 10.1 Å². The lowest BCUT2D eigenvalue weighted by Gasteiger charge is -2.39. The lowest BCUT2D eigenvalue weighted by atomic mass is 10.1. The van der Waals surface area contributed by atoms with Crippen molar-refractivity contribution in [1.29, 1.82) is 0 Å². The molecule has 2 rings (SSSR count). The summed E-state index contributed by atoms with van der Waals surface area (Å²) in [6.45, 7) is 5.73. The fourth-order valence-corrected chi connectivity index (χ4v) is 2.39. The zero-order valence-electron chi connectivity index (χ0n) is 11.0. The van der Waals surface area contributed by atoms with Gasteiger partial charge in [0.25, 0.3) is 5.91 Å². The molecule has 1 aliphatic heterocycles. The molecule has 0 aromatic carbocycles. The van der Waals surface area contributed by atoms with Gasteiger partial charge in [-0.1, -0.05) is 0 Å². The number of methoxy groups -OCH3 is 1. The van der Waals surface area contributed by atoms with Crippen molar-refractivity contribution in [3.8, 4) is 5.88 Å². The number of ether oxygens (including phenoxy) is 1. The maximum absolute atomic E-state index is 12.6. The van der Waals surface area contributed by atoms with Gasteiger partial charge in [0.15, 0.2) is 0 Å². The Balaban J connectivity index is 2.29. The molecular weight excluding hydrogens is 230 g/mol. The molecule has 1 saturated heterocycles. The molecule has 0 radical (unpaired) electrons. The zero-order chi connectivity index (χ0) is 13.1. The number of nitrogens with one attached hydrogen (secondary N) is 1. The average molecular weight is 249 g/mol. The van der Waals surface area contributed by atoms with Gasteiger partial charge in [-0.25, -0.2) is 4.98 Å². The normalized spacial score (nSPS) is 23.8. The Morgan fingerprint density at radius 2 is 2.11 bits per heavy atom. The van der Waals surface area contributed by atoms with Crippen LogP contribution in [0.4, 0.5) is 0 Å². The fourth-order valence-electron chi connectivity index (χ4n) is 2.39. The van der Waals surface area contributed by atoms with Crippen molar-refractivity contribution >= 4 is 5.91 Å². The highest BCUT2D eigenvalue weighted by Crippen LogP contribution is 2.20. The molecule has 2 atom stereocenters. The molecule has 1 N–H and O–H groups in total. The van der Waals surface area contributed by atoms with E-state index in [0.717, 1.165) is 13.1 Å². The third-order valence-corrected chi connectivity index (χ3v) is 3.26. The van der Waals surface area contributed by atoms with E-state index in [0.29, 0.717) is 11.4 Å². The Bertz CT molecular complexity index is 426. The molecule has 1 amide bonds. The predicted molar refractivity (Wildman–Crippen MR) is 68.8 cm³/mol. The molecule has 1 aromatic heterocycles. The number of pyridine rings is 1. The number of rotatable bonds is 2. The summed E-state index contributed by atoms with van der Waals surface area (Å²) in [4.78, 5) is 18.6. The van der Waals surface area contributed by atoms with Crippen LogP contribution in [0, 0.1) is 0 Å². The van der Waals surface area contributed by atoms with Gasteiger partial charge in [0, 0.05) is 31.4 Å². The number of aromatic nitrogens is 1. The van der Waals surface area contributed by atoms with E-state index in [9.17, 15) is 4.79 Å². The zero-order valence-corrected chi connectivity index (χ0v) is 11.0. The number of carbonyl (C=O) groups is 1. The molecule has 1 aliphatic rings. The van der Waals surface area contributed by atoms with Crippen molar-refractivity contribution < 1.29 is 9.53 Å². The maximum atomic E-state index is 12.6. The second kappa shape index (κ2) is 5.35. The summed E-state index contributed by atoms with van der Waals surface area (Å²) in [5, 5.41) is 3.31. The van der Waals surface area contributed by atoms with E-state index in [1.54, 1.807) is 18.3 Å². The molecule has 0 bridgehead atoms. The van der Waals surface area contributed by atoms with Crippen LogP contribution in [0.3, 0.4) is 0 Å². The van der Waals surface area contributed by atoms with Crippen LogP contribution in [0.15, 0.2) is 18.3 Å². The van der Waals surface area contributed by atoms with E-state index in [2.05, 4.69) is 10.3 Å². The summed E-state index contributed by atoms with van der Waals surface area (Å²) in [6, 6.07) is 3.86. The molecule has 5 heteroatoms. The fraction of sp³-hybridized carbons (Fsp3) is 0.538. The molecule has 98 valence electrons. The van der Waals surface area contributed by atoms with Crippen LogP contribution in [0.1, 0.15) is 24.2 Å². The van der Waals surface area contributed by atoms with E-state index in [1.807, 2.05) is 18.7 Å². The summed E-state index contributed by atoms with van der Waals surface area (Å²) in [5.41, 5.74) is 0.528. The van der Waals surface area contributed by atoms with Gasteiger partial charge in [0.1, 0.15) is 5.56 Å². The van der Waals surface area contributed by atoms with Crippen LogP contribution in [0.2, 0.25) is 0 Å². The van der Waals surface area contributed by atoms with Gasteiger partial charge in [-0.2, -0.15) is 0 Å². The first-order valence-corrected chi connectivity index (χ1v) is 6.17. The highest BCUT2D eigenvalue weighted by molar-refractivity contribution is 5.96. The van der Waals surface area contributed by atoms with E-state index in [1.165, 1.54) is 7.11 Å². The van der Waals surface area contributed by atoms with E-state index in [4.69, 9.17) is 4.74 Å². The van der Waals surface area contributed by atoms with Crippen LogP contribution in [-0.4, -0.2) is 48.1 Å². The molecule has 0 spiro atoms. The number of nitrogens with zero attached hydrogens (tertiary/aromatic N) is 2. The smallest absolute Gasteiger partial charge is 0.259 e. The maximum Gasteiger partial charge on any atom is 0.259 e. The Kier molecular flexibility index (Phi) is 3.81. The molecular formula is C13H19N3O2. The first-order valence-electron chi connectivity index (χ1n) is 6.17. The van der Waals surface area contributed by atoms with Crippen molar-refractivity contribution in [2.45, 2.75) is 25.9 Å². The van der Waals surface area contributed by atoms with Gasteiger partial charge in [-0.15, -0.1) is 0 Å². The van der Waals surface area contributed by atoms with Crippen LogP contribution in [0.25, 0.3) is 0 Å². The van der Waals surface area contributed by atoms with Crippen LogP contribution in [0.5, 0.6) is 5.88 Å². The van der Waals surface area contributed by atoms with Crippen LogP contribution >= 0.6 is 0 Å². The third-order valence-electron chi connectivity index (χ3n) is 3.26. The molecule has 0 saturated carbocycles. The Hall–Kier alpha value is -1.62. The summed E-state index contributed by atoms with van der Waals surface area (Å²) < 4.78 is 5.15. The Labute approximate surface area is 107 Å². The van der Waals surface area contributed by atoms with E-state index in [-0.39, 0.29) is 18.0 Å². The SMILES string of the molecule is COc1ncccc1C(=O)N1C(C)CNCC1C. The number of amides is 1. The molecule has 0 aliphatic carbocycles. The highest BCUT2D eigenvalue weighted by atomic mass is 16.5. The standard InChI is InChI=1S/C13H19N3O2/c1-9-7-14-8-10(2)16(9)13(17)11-5-4-6-15-12(11)18-3/h4-6,9-10,14H,7-8H2,1-3H3. The minimum Gasteiger partial charge on any atom is -0.480 e. The molecule has 1 fully saturated rings. The lowest BCUT2D eigenvalue weighted by molar-refractivity contribution is 0.0540. The topological polar surface area (TPSA) is 54.5 Å². The number of hydrogen-bond acceptors (Lipinski definition) is 4. The number of piperazine rings is 1. The largest absolute Gasteiger partial charge is 0.480 e. The summed E-state index contributed by atoms with van der Waals surface area (Å²) >= 11 is 0. The van der Waals surface area contributed by atoms with Crippen LogP contribution in [-0.2, 0) is 0 Å². The predicted octanol–water partition coefficient (Wildman–Crippen LogP) is 0.913. The summed E-state index contributed by atoms with van der Waals surface area (Å²) in [5.74, 6) is 0.377. The summed E-state index contributed by atoms with van der Waals surface area (Å²) in [6.07, 6.45) is 1.63. The van der Waals surface area contributed by atoms with Crippen molar-refractivity contribution in [2.75, 3.05) is 20.2 Å². The molecule has 2 heterocycles. The van der Waals surface area contributed by atoms with Crippen molar-refractivity contribution in [1.82, 2.24) is 15.2 Å². The van der Waals surface area contributed by atoms with Gasteiger partial charge >= 0.3 is 0 Å². The van der Waals surface area contributed by atoms with Crippen molar-refractivity contribution in [2.24, 2.45) is 0 Å². The first-order chi connectivity index (χ1) is 8.65.